The fourth-order valence-electron chi connectivity index (χ4n) is 8.50. The molecule has 0 aromatic heterocycles. The fraction of sp³-hybridized carbons (Fsp3) is 0.833. The Hall–Kier alpha value is -0.800. The summed E-state index contributed by atoms with van der Waals surface area (Å²) in [6.45, 7) is 2.53. The van der Waals surface area contributed by atoms with Crippen LogP contribution in [0.15, 0.2) is 23.5 Å². The average Bonchev–Trinajstić information content (AvgIpc) is 3.47. The third kappa shape index (κ3) is 2.34. The lowest BCUT2D eigenvalue weighted by Crippen LogP contribution is -2.56. The Labute approximate surface area is 163 Å². The summed E-state index contributed by atoms with van der Waals surface area (Å²) < 4.78 is 5.53. The van der Waals surface area contributed by atoms with Crippen LogP contribution in [0.25, 0.3) is 0 Å². The molecule has 0 amide bonds. The minimum Gasteiger partial charge on any atom is -0.501 e. The molecule has 0 radical (unpaired) electrons. The smallest absolute Gasteiger partial charge is 0.0958 e. The molecule has 3 heteroatoms. The molecular formula is C24H36O3. The summed E-state index contributed by atoms with van der Waals surface area (Å²) >= 11 is 0. The zero-order valence-electron chi connectivity index (χ0n) is 17.0. The number of fused-ring (bicyclic) bond motifs is 7. The topological polar surface area (TPSA) is 49.7 Å². The summed E-state index contributed by atoms with van der Waals surface area (Å²) in [7, 11) is 1.80. The van der Waals surface area contributed by atoms with Gasteiger partial charge in [-0.3, -0.25) is 0 Å². The largest absolute Gasteiger partial charge is 0.501 e. The van der Waals surface area contributed by atoms with Gasteiger partial charge in [-0.2, -0.15) is 0 Å². The highest BCUT2D eigenvalue weighted by Gasteiger charge is 2.75. The zero-order chi connectivity index (χ0) is 18.8. The molecule has 0 aliphatic heterocycles. The van der Waals surface area contributed by atoms with Crippen molar-refractivity contribution in [3.05, 3.63) is 23.5 Å². The molecule has 150 valence electrons. The van der Waals surface area contributed by atoms with E-state index in [2.05, 4.69) is 19.1 Å². The summed E-state index contributed by atoms with van der Waals surface area (Å²) in [5.41, 5.74) is 1.11. The van der Waals surface area contributed by atoms with Gasteiger partial charge in [-0.15, -0.1) is 0 Å². The van der Waals surface area contributed by atoms with Crippen molar-refractivity contribution in [1.29, 1.82) is 0 Å². The molecule has 0 spiro atoms. The van der Waals surface area contributed by atoms with Crippen LogP contribution in [0.3, 0.4) is 0 Å². The van der Waals surface area contributed by atoms with Crippen molar-refractivity contribution in [3.63, 3.8) is 0 Å². The number of hydrogen-bond acceptors (Lipinski definition) is 3. The lowest BCUT2D eigenvalue weighted by atomic mass is 9.48. The zero-order valence-corrected chi connectivity index (χ0v) is 17.0. The SMILES string of the molecule is CC[C@]12CC[C@H]3[C@@H](CC=C4C=C(OC)CC[C@@H]43)[C@@H]1[C@@H]1C[C@@H]1[C@@]2(O)CCCO. The molecule has 5 aliphatic rings. The number of aliphatic hydroxyl groups excluding tert-OH is 1. The maximum absolute atomic E-state index is 11.9. The molecule has 0 aromatic carbocycles. The maximum Gasteiger partial charge on any atom is 0.0958 e. The number of allylic oxidation sites excluding steroid dienone is 4. The first-order chi connectivity index (χ1) is 13.1. The van der Waals surface area contributed by atoms with Crippen LogP contribution in [0.2, 0.25) is 0 Å². The van der Waals surface area contributed by atoms with Crippen LogP contribution >= 0.6 is 0 Å². The molecule has 5 aliphatic carbocycles. The second-order valence-corrected chi connectivity index (χ2v) is 10.1. The summed E-state index contributed by atoms with van der Waals surface area (Å²) in [6.07, 6.45) is 14.7. The monoisotopic (exact) mass is 372 g/mol. The van der Waals surface area contributed by atoms with E-state index >= 15 is 0 Å². The fourth-order valence-corrected chi connectivity index (χ4v) is 8.50. The van der Waals surface area contributed by atoms with Gasteiger partial charge in [0.05, 0.1) is 18.5 Å². The van der Waals surface area contributed by atoms with Gasteiger partial charge in [-0.1, -0.05) is 13.0 Å². The first kappa shape index (κ1) is 18.2. The van der Waals surface area contributed by atoms with Crippen molar-refractivity contribution in [1.82, 2.24) is 0 Å². The van der Waals surface area contributed by atoms with Crippen molar-refractivity contribution in [2.24, 2.45) is 40.9 Å². The standard InChI is InChI=1S/C24H36O3/c1-3-23-11-9-18-17-8-6-16(27-2)13-15(17)5-7-19(18)22(23)20-14-21(20)24(23,26)10-4-12-25/h5,13,17-22,25-26H,3-4,6-12,14H2,1-2H3/t17-,18+,19+,20+,21-,22+,23-,24-/m0/s1. The summed E-state index contributed by atoms with van der Waals surface area (Å²) in [4.78, 5) is 0. The molecule has 2 N–H and O–H groups in total. The van der Waals surface area contributed by atoms with Crippen LogP contribution < -0.4 is 0 Å². The molecule has 3 saturated carbocycles. The second kappa shape index (κ2) is 6.35. The van der Waals surface area contributed by atoms with Crippen LogP contribution in [0, 0.1) is 40.9 Å². The Balaban J connectivity index is 1.48. The van der Waals surface area contributed by atoms with Crippen LogP contribution in [-0.4, -0.2) is 29.5 Å². The van der Waals surface area contributed by atoms with Gasteiger partial charge in [0, 0.05) is 18.4 Å². The molecule has 0 unspecified atom stereocenters. The van der Waals surface area contributed by atoms with Crippen LogP contribution in [0.1, 0.15) is 64.7 Å². The van der Waals surface area contributed by atoms with Crippen molar-refractivity contribution in [2.45, 2.75) is 70.3 Å². The van der Waals surface area contributed by atoms with Gasteiger partial charge in [0.15, 0.2) is 0 Å². The molecule has 3 nitrogen and oxygen atoms in total. The van der Waals surface area contributed by atoms with Crippen LogP contribution in [0.5, 0.6) is 0 Å². The summed E-state index contributed by atoms with van der Waals surface area (Å²) in [5.74, 6) is 5.35. The second-order valence-electron chi connectivity index (χ2n) is 10.1. The van der Waals surface area contributed by atoms with Crippen molar-refractivity contribution in [3.8, 4) is 0 Å². The number of aliphatic hydroxyl groups is 2. The lowest BCUT2D eigenvalue weighted by Gasteiger charge is -2.58. The molecule has 0 aromatic rings. The van der Waals surface area contributed by atoms with Crippen molar-refractivity contribution >= 4 is 0 Å². The minimum absolute atomic E-state index is 0.102. The van der Waals surface area contributed by atoms with E-state index in [4.69, 9.17) is 4.74 Å². The van der Waals surface area contributed by atoms with Crippen molar-refractivity contribution < 1.29 is 14.9 Å². The first-order valence-corrected chi connectivity index (χ1v) is 11.4. The van der Waals surface area contributed by atoms with Gasteiger partial charge in [0.2, 0.25) is 0 Å². The summed E-state index contributed by atoms with van der Waals surface area (Å²) in [6, 6.07) is 0. The quantitative estimate of drug-likeness (QED) is 0.750. The van der Waals surface area contributed by atoms with Gasteiger partial charge in [0.25, 0.3) is 0 Å². The highest BCUT2D eigenvalue weighted by Crippen LogP contribution is 2.77. The molecule has 0 bridgehead atoms. The predicted molar refractivity (Wildman–Crippen MR) is 106 cm³/mol. The maximum atomic E-state index is 11.9. The molecule has 0 heterocycles. The minimum atomic E-state index is -0.523. The van der Waals surface area contributed by atoms with E-state index in [1.165, 1.54) is 37.7 Å². The molecule has 5 rings (SSSR count). The van der Waals surface area contributed by atoms with Gasteiger partial charge in [0.1, 0.15) is 0 Å². The highest BCUT2D eigenvalue weighted by molar-refractivity contribution is 5.33. The van der Waals surface area contributed by atoms with E-state index in [0.717, 1.165) is 49.2 Å². The number of ether oxygens (including phenoxy) is 1. The predicted octanol–water partition coefficient (Wildman–Crippen LogP) is 4.45. The number of hydrogen-bond donors (Lipinski definition) is 2. The molecule has 0 saturated heterocycles. The van der Waals surface area contributed by atoms with E-state index in [0.29, 0.717) is 17.8 Å². The van der Waals surface area contributed by atoms with E-state index in [1.807, 2.05) is 0 Å². The van der Waals surface area contributed by atoms with E-state index < -0.39 is 5.60 Å². The van der Waals surface area contributed by atoms with Crippen molar-refractivity contribution in [2.75, 3.05) is 13.7 Å². The average molecular weight is 373 g/mol. The highest BCUT2D eigenvalue weighted by atomic mass is 16.5. The first-order valence-electron chi connectivity index (χ1n) is 11.4. The van der Waals surface area contributed by atoms with Gasteiger partial charge in [-0.25, -0.2) is 0 Å². The van der Waals surface area contributed by atoms with E-state index in [-0.39, 0.29) is 12.0 Å². The molecule has 27 heavy (non-hydrogen) atoms. The number of methoxy groups -OCH3 is 1. The normalized spacial score (nSPS) is 49.9. The lowest BCUT2D eigenvalue weighted by molar-refractivity contribution is -0.153. The van der Waals surface area contributed by atoms with Gasteiger partial charge in [-0.05, 0) is 98.5 Å². The van der Waals surface area contributed by atoms with Gasteiger partial charge >= 0.3 is 0 Å². The van der Waals surface area contributed by atoms with Crippen LogP contribution in [-0.2, 0) is 4.74 Å². The Morgan fingerprint density at radius 3 is 2.81 bits per heavy atom. The third-order valence-electron chi connectivity index (χ3n) is 9.56. The summed E-state index contributed by atoms with van der Waals surface area (Å²) in [5, 5.41) is 21.3. The Bertz CT molecular complexity index is 667. The third-order valence-corrected chi connectivity index (χ3v) is 9.56. The number of rotatable bonds is 5. The molecule has 8 atom stereocenters. The molecular weight excluding hydrogens is 336 g/mol. The Morgan fingerprint density at radius 2 is 2.07 bits per heavy atom. The van der Waals surface area contributed by atoms with Crippen LogP contribution in [0.4, 0.5) is 0 Å². The van der Waals surface area contributed by atoms with Gasteiger partial charge < -0.3 is 14.9 Å². The molecule has 3 fully saturated rings. The van der Waals surface area contributed by atoms with E-state index in [1.54, 1.807) is 7.11 Å². The van der Waals surface area contributed by atoms with E-state index in [9.17, 15) is 10.2 Å². The Kier molecular flexibility index (Phi) is 4.29. The Morgan fingerprint density at radius 1 is 1.22 bits per heavy atom.